The number of benzene rings is 2. The van der Waals surface area contributed by atoms with Crippen molar-refractivity contribution in [2.45, 2.75) is 26.7 Å². The summed E-state index contributed by atoms with van der Waals surface area (Å²) in [5.74, 6) is 0.909. The highest BCUT2D eigenvalue weighted by molar-refractivity contribution is 7.18. The molecule has 8 aromatic rings. The molecule has 0 atom stereocenters. The second-order valence-corrected chi connectivity index (χ2v) is 12.1. The Labute approximate surface area is 259 Å². The smallest absolute Gasteiger partial charge is 0.347 e. The van der Waals surface area contributed by atoms with Gasteiger partial charge in [0.15, 0.2) is 11.2 Å². The van der Waals surface area contributed by atoms with Crippen LogP contribution < -0.4 is 16.2 Å². The number of thiophene rings is 1. The molecule has 0 amide bonds. The van der Waals surface area contributed by atoms with Crippen molar-refractivity contribution >= 4 is 61.3 Å². The van der Waals surface area contributed by atoms with Gasteiger partial charge in [-0.05, 0) is 55.3 Å². The molecule has 0 radical (unpaired) electrons. The molecule has 0 fully saturated rings. The monoisotopic (exact) mass is 617 g/mol. The van der Waals surface area contributed by atoms with Crippen LogP contribution in [0.3, 0.4) is 0 Å². The van der Waals surface area contributed by atoms with Gasteiger partial charge in [-0.3, -0.25) is 0 Å². The Balaban J connectivity index is 1.11. The Kier molecular flexibility index (Phi) is 6.49. The summed E-state index contributed by atoms with van der Waals surface area (Å²) in [5, 5.41) is 1.65. The highest BCUT2D eigenvalue weighted by atomic mass is 32.1. The molecule has 6 heterocycles. The summed E-state index contributed by atoms with van der Waals surface area (Å²) in [6.07, 6.45) is 2.08. The summed E-state index contributed by atoms with van der Waals surface area (Å²) in [6.45, 7) is 6.22. The maximum absolute atomic E-state index is 13.1. The summed E-state index contributed by atoms with van der Waals surface area (Å²) in [7, 11) is 0. The molecule has 9 heteroatoms. The normalized spacial score (nSPS) is 11.9. The van der Waals surface area contributed by atoms with Crippen LogP contribution in [-0.2, 0) is 0 Å². The van der Waals surface area contributed by atoms with E-state index in [0.29, 0.717) is 56.1 Å². The minimum Gasteiger partial charge on any atom is -0.449 e. The molecule has 0 unspecified atom stereocenters. The van der Waals surface area contributed by atoms with Crippen LogP contribution in [0.15, 0.2) is 111 Å². The van der Waals surface area contributed by atoms with E-state index in [1.165, 1.54) is 11.3 Å². The minimum absolute atomic E-state index is 0.299. The van der Waals surface area contributed by atoms with E-state index in [1.54, 1.807) is 24.3 Å². The van der Waals surface area contributed by atoms with Gasteiger partial charge in [-0.25, -0.2) is 9.59 Å². The zero-order valence-corrected chi connectivity index (χ0v) is 25.4. The summed E-state index contributed by atoms with van der Waals surface area (Å²) in [4.78, 5) is 29.7. The fourth-order valence-corrected chi connectivity index (χ4v) is 6.78. The molecule has 0 bridgehead atoms. The van der Waals surface area contributed by atoms with Crippen molar-refractivity contribution in [1.29, 1.82) is 0 Å². The molecule has 0 N–H and O–H groups in total. The van der Waals surface area contributed by atoms with Gasteiger partial charge in [0.2, 0.25) is 11.2 Å². The first-order valence-electron chi connectivity index (χ1n) is 14.9. The average Bonchev–Trinajstić information content (AvgIpc) is 3.82. The highest BCUT2D eigenvalue weighted by Gasteiger charge is 2.22. The molecule has 2 aromatic carbocycles. The lowest BCUT2D eigenvalue weighted by Gasteiger charge is -2.23. The number of fused-ring (bicyclic) bond motifs is 5. The molecule has 8 nitrogen and oxygen atoms in total. The number of furan rings is 3. The van der Waals surface area contributed by atoms with Crippen LogP contribution in [0.2, 0.25) is 0 Å². The number of nitrogens with zero attached hydrogens (tertiary/aromatic N) is 1. The Morgan fingerprint density at radius 1 is 0.578 bits per heavy atom. The molecule has 45 heavy (non-hydrogen) atoms. The van der Waals surface area contributed by atoms with E-state index in [9.17, 15) is 9.59 Å². The molecule has 0 aliphatic heterocycles. The van der Waals surface area contributed by atoms with E-state index in [2.05, 4.69) is 24.8 Å². The van der Waals surface area contributed by atoms with Crippen molar-refractivity contribution in [1.82, 2.24) is 0 Å². The van der Waals surface area contributed by atoms with E-state index in [4.69, 9.17) is 22.1 Å². The first-order valence-corrected chi connectivity index (χ1v) is 15.7. The number of hydrogen-bond donors (Lipinski definition) is 0. The Hall–Kier alpha value is -5.28. The molecule has 0 saturated heterocycles. The molecular weight excluding hydrogens is 590 g/mol. The van der Waals surface area contributed by atoms with Crippen molar-refractivity contribution in [3.63, 3.8) is 0 Å². The van der Waals surface area contributed by atoms with Crippen LogP contribution in [0.1, 0.15) is 26.7 Å². The van der Waals surface area contributed by atoms with Crippen LogP contribution in [0.25, 0.3) is 76.7 Å². The molecule has 0 spiro atoms. The second-order valence-electron chi connectivity index (χ2n) is 11.0. The number of rotatable bonds is 8. The first kappa shape index (κ1) is 27.3. The summed E-state index contributed by atoms with van der Waals surface area (Å²) < 4.78 is 29.6. The third kappa shape index (κ3) is 4.67. The zero-order valence-electron chi connectivity index (χ0n) is 24.5. The van der Waals surface area contributed by atoms with Gasteiger partial charge < -0.3 is 27.0 Å². The predicted molar refractivity (Wildman–Crippen MR) is 177 cm³/mol. The lowest BCUT2D eigenvalue weighted by Crippen LogP contribution is -2.24. The minimum atomic E-state index is -0.499. The van der Waals surface area contributed by atoms with Crippen LogP contribution in [0, 0.1) is 0 Å². The third-order valence-electron chi connectivity index (χ3n) is 7.92. The number of para-hydroxylation sites is 1. The van der Waals surface area contributed by atoms with Crippen LogP contribution in [0.4, 0.5) is 5.69 Å². The van der Waals surface area contributed by atoms with Gasteiger partial charge in [-0.2, -0.15) is 0 Å². The van der Waals surface area contributed by atoms with Crippen molar-refractivity contribution in [2.24, 2.45) is 0 Å². The summed E-state index contributed by atoms with van der Waals surface area (Å²) in [5.41, 5.74) is 3.87. The Morgan fingerprint density at radius 3 is 2.02 bits per heavy atom. The summed E-state index contributed by atoms with van der Waals surface area (Å²) >= 11 is 1.42. The largest absolute Gasteiger partial charge is 0.449 e. The van der Waals surface area contributed by atoms with Gasteiger partial charge >= 0.3 is 11.3 Å². The average molecular weight is 618 g/mol. The summed E-state index contributed by atoms with van der Waals surface area (Å²) in [6, 6.07) is 24.2. The lowest BCUT2D eigenvalue weighted by molar-refractivity contribution is 0.554. The van der Waals surface area contributed by atoms with E-state index >= 15 is 0 Å². The van der Waals surface area contributed by atoms with Gasteiger partial charge in [0.05, 0.1) is 10.4 Å². The van der Waals surface area contributed by atoms with Crippen LogP contribution >= 0.6 is 11.3 Å². The second kappa shape index (κ2) is 10.7. The fourth-order valence-electron chi connectivity index (χ4n) is 5.82. The van der Waals surface area contributed by atoms with Crippen molar-refractivity contribution in [3.8, 4) is 32.4 Å². The zero-order chi connectivity index (χ0) is 30.7. The van der Waals surface area contributed by atoms with E-state index in [-0.39, 0.29) is 5.63 Å². The molecular formula is C36H27NO7S. The number of anilines is 1. The van der Waals surface area contributed by atoms with Crippen molar-refractivity contribution in [3.05, 3.63) is 99.7 Å². The van der Waals surface area contributed by atoms with E-state index < -0.39 is 5.63 Å². The first-order chi connectivity index (χ1) is 22.0. The van der Waals surface area contributed by atoms with E-state index in [1.807, 2.05) is 48.5 Å². The topological polar surface area (TPSA) is 103 Å². The van der Waals surface area contributed by atoms with Crippen LogP contribution in [-0.4, -0.2) is 13.1 Å². The lowest BCUT2D eigenvalue weighted by atomic mass is 10.1. The highest BCUT2D eigenvalue weighted by Crippen LogP contribution is 2.41. The fraction of sp³-hybridized carbons (Fsp3) is 0.167. The van der Waals surface area contributed by atoms with Gasteiger partial charge in [-0.1, -0.05) is 32.0 Å². The molecule has 0 saturated carbocycles. The van der Waals surface area contributed by atoms with Gasteiger partial charge in [-0.15, -0.1) is 11.3 Å². The Morgan fingerprint density at radius 2 is 1.22 bits per heavy atom. The van der Waals surface area contributed by atoms with Gasteiger partial charge in [0, 0.05) is 52.6 Å². The van der Waals surface area contributed by atoms with Crippen molar-refractivity contribution < 1.29 is 22.1 Å². The Bertz CT molecular complexity index is 2480. The maximum Gasteiger partial charge on any atom is 0.347 e. The standard InChI is InChI=1S/C36H27NO7S/c1-3-13-37(14-4-2)22-10-9-21-16-24(36(39)44-26(21)17-22)31-11-12-32(45-31)28-19-30-34(42-28)33-29(40-30)18-27(41-33)23-15-20-7-5-6-8-25(20)43-35(23)38/h5-12,15-19H,3-4,13-14H2,1-2H3. The molecule has 8 rings (SSSR count). The van der Waals surface area contributed by atoms with Crippen molar-refractivity contribution in [2.75, 3.05) is 18.0 Å². The molecule has 6 aromatic heterocycles. The molecule has 0 aliphatic rings. The quantitative estimate of drug-likeness (QED) is 0.155. The van der Waals surface area contributed by atoms with E-state index in [0.717, 1.165) is 52.1 Å². The molecule has 0 aliphatic carbocycles. The number of hydrogen-bond acceptors (Lipinski definition) is 9. The molecule has 224 valence electrons. The maximum atomic E-state index is 13.1. The SMILES string of the molecule is CCCN(CCC)c1ccc2cc(-c3ccc(-c4cc5oc6cc(-c7cc8ccccc8oc7=O)oc6c5o4)s3)c(=O)oc2c1. The van der Waals surface area contributed by atoms with Gasteiger partial charge in [0.1, 0.15) is 28.2 Å². The third-order valence-corrected chi connectivity index (χ3v) is 9.05. The predicted octanol–water partition coefficient (Wildman–Crippen LogP) is 9.67. The van der Waals surface area contributed by atoms with Crippen LogP contribution in [0.5, 0.6) is 0 Å². The van der Waals surface area contributed by atoms with Gasteiger partial charge in [0.25, 0.3) is 0 Å².